The lowest BCUT2D eigenvalue weighted by Crippen LogP contribution is -2.43. The van der Waals surface area contributed by atoms with Crippen LogP contribution >= 0.6 is 11.3 Å². The second kappa shape index (κ2) is 8.10. The number of nitrogens with one attached hydrogen (secondary N) is 1. The summed E-state index contributed by atoms with van der Waals surface area (Å²) >= 11 is 1.70. The van der Waals surface area contributed by atoms with Gasteiger partial charge < -0.3 is 15.0 Å². The van der Waals surface area contributed by atoms with Crippen LogP contribution in [0.25, 0.3) is 0 Å². The molecule has 0 saturated carbocycles. The van der Waals surface area contributed by atoms with Gasteiger partial charge in [0.15, 0.2) is 0 Å². The Labute approximate surface area is 145 Å². The third kappa shape index (κ3) is 4.03. The van der Waals surface area contributed by atoms with Crippen molar-refractivity contribution in [1.82, 2.24) is 20.2 Å². The molecule has 3 rings (SSSR count). The largest absolute Gasteiger partial charge is 0.478 e. The number of carbonyl (C=O) groups excluding carboxylic acids is 1. The maximum Gasteiger partial charge on any atom is 0.317 e. The fraction of sp³-hybridized carbons (Fsp3) is 0.471. The molecule has 24 heavy (non-hydrogen) atoms. The van der Waals surface area contributed by atoms with Gasteiger partial charge in [-0.1, -0.05) is 6.07 Å². The highest BCUT2D eigenvalue weighted by Crippen LogP contribution is 2.29. The fourth-order valence-electron chi connectivity index (χ4n) is 2.87. The molecule has 0 atom stereocenters. The molecule has 0 radical (unpaired) electrons. The first-order valence-electron chi connectivity index (χ1n) is 8.26. The first kappa shape index (κ1) is 16.7. The first-order chi connectivity index (χ1) is 11.8. The Balaban J connectivity index is 1.50. The van der Waals surface area contributed by atoms with E-state index in [0.29, 0.717) is 24.9 Å². The second-order valence-electron chi connectivity index (χ2n) is 5.69. The molecule has 1 saturated heterocycles. The minimum absolute atomic E-state index is 0.0288. The van der Waals surface area contributed by atoms with Crippen LogP contribution in [0.2, 0.25) is 0 Å². The number of urea groups is 1. The summed E-state index contributed by atoms with van der Waals surface area (Å²) in [6.45, 7) is 4.43. The lowest BCUT2D eigenvalue weighted by molar-refractivity contribution is 0.180. The number of likely N-dealkylation sites (tertiary alicyclic amines) is 1. The van der Waals surface area contributed by atoms with Gasteiger partial charge in [0.1, 0.15) is 0 Å². The summed E-state index contributed by atoms with van der Waals surface area (Å²) in [5.41, 5.74) is 0.894. The van der Waals surface area contributed by atoms with Crippen LogP contribution in [0.3, 0.4) is 0 Å². The second-order valence-corrected chi connectivity index (χ2v) is 6.62. The highest BCUT2D eigenvalue weighted by molar-refractivity contribution is 7.09. The van der Waals surface area contributed by atoms with Crippen LogP contribution in [-0.2, 0) is 6.54 Å². The Kier molecular flexibility index (Phi) is 5.63. The topological polar surface area (TPSA) is 67.3 Å². The predicted octanol–water partition coefficient (Wildman–Crippen LogP) is 3.03. The number of pyridine rings is 1. The molecule has 0 aromatic carbocycles. The maximum atomic E-state index is 12.4. The molecule has 0 aliphatic carbocycles. The molecule has 2 aromatic heterocycles. The lowest BCUT2D eigenvalue weighted by Gasteiger charge is -2.31. The van der Waals surface area contributed by atoms with Gasteiger partial charge in [-0.25, -0.2) is 14.8 Å². The molecule has 2 amide bonds. The Hall–Kier alpha value is -2.15. The van der Waals surface area contributed by atoms with Gasteiger partial charge in [0.2, 0.25) is 5.88 Å². The maximum absolute atomic E-state index is 12.4. The van der Waals surface area contributed by atoms with Gasteiger partial charge in [-0.2, -0.15) is 0 Å². The summed E-state index contributed by atoms with van der Waals surface area (Å²) < 4.78 is 5.49. The number of hydrogen-bond donors (Lipinski definition) is 1. The van der Waals surface area contributed by atoms with E-state index in [-0.39, 0.29) is 6.03 Å². The third-order valence-electron chi connectivity index (χ3n) is 4.14. The Morgan fingerprint density at radius 2 is 2.21 bits per heavy atom. The van der Waals surface area contributed by atoms with E-state index in [1.807, 2.05) is 35.5 Å². The zero-order valence-electron chi connectivity index (χ0n) is 13.8. The van der Waals surface area contributed by atoms with Crippen molar-refractivity contribution in [3.8, 4) is 5.88 Å². The van der Waals surface area contributed by atoms with Crippen molar-refractivity contribution in [2.24, 2.45) is 0 Å². The van der Waals surface area contributed by atoms with Gasteiger partial charge in [0.05, 0.1) is 11.6 Å². The van der Waals surface area contributed by atoms with E-state index in [1.54, 1.807) is 17.5 Å². The van der Waals surface area contributed by atoms with Crippen LogP contribution in [0, 0.1) is 0 Å². The van der Waals surface area contributed by atoms with Gasteiger partial charge >= 0.3 is 6.03 Å². The van der Waals surface area contributed by atoms with Gasteiger partial charge in [-0.05, 0) is 25.8 Å². The normalized spacial score (nSPS) is 15.3. The van der Waals surface area contributed by atoms with E-state index in [9.17, 15) is 4.79 Å². The van der Waals surface area contributed by atoms with E-state index in [2.05, 4.69) is 15.3 Å². The molecule has 128 valence electrons. The van der Waals surface area contributed by atoms with Crippen LogP contribution in [0.15, 0.2) is 29.9 Å². The van der Waals surface area contributed by atoms with Crippen molar-refractivity contribution >= 4 is 17.4 Å². The monoisotopic (exact) mass is 346 g/mol. The van der Waals surface area contributed by atoms with Crippen molar-refractivity contribution in [2.75, 3.05) is 19.7 Å². The number of hydrogen-bond acceptors (Lipinski definition) is 5. The molecule has 1 aliphatic heterocycles. The van der Waals surface area contributed by atoms with Crippen LogP contribution in [-0.4, -0.2) is 40.6 Å². The lowest BCUT2D eigenvalue weighted by atomic mass is 9.98. The van der Waals surface area contributed by atoms with Crippen LogP contribution in [0.5, 0.6) is 5.88 Å². The van der Waals surface area contributed by atoms with E-state index in [0.717, 1.165) is 31.5 Å². The van der Waals surface area contributed by atoms with Crippen LogP contribution in [0.1, 0.15) is 36.3 Å². The minimum Gasteiger partial charge on any atom is -0.478 e. The molecule has 1 N–H and O–H groups in total. The van der Waals surface area contributed by atoms with Crippen molar-refractivity contribution in [2.45, 2.75) is 32.2 Å². The summed E-state index contributed by atoms with van der Waals surface area (Å²) in [6.07, 6.45) is 5.48. The molecular formula is C17H22N4O2S. The predicted molar refractivity (Wildman–Crippen MR) is 93.3 cm³/mol. The van der Waals surface area contributed by atoms with Gasteiger partial charge in [0, 0.05) is 48.9 Å². The van der Waals surface area contributed by atoms with E-state index >= 15 is 0 Å². The van der Waals surface area contributed by atoms with Gasteiger partial charge in [-0.3, -0.25) is 0 Å². The third-order valence-corrected chi connectivity index (χ3v) is 5.08. The van der Waals surface area contributed by atoms with Crippen LogP contribution in [0.4, 0.5) is 4.79 Å². The van der Waals surface area contributed by atoms with E-state index < -0.39 is 0 Å². The molecule has 0 unspecified atom stereocenters. The fourth-order valence-corrected chi connectivity index (χ4v) is 3.68. The summed E-state index contributed by atoms with van der Waals surface area (Å²) in [6, 6.07) is 3.75. The average Bonchev–Trinajstić information content (AvgIpc) is 3.16. The average molecular weight is 346 g/mol. The molecule has 3 heterocycles. The van der Waals surface area contributed by atoms with E-state index in [1.165, 1.54) is 5.01 Å². The molecular weight excluding hydrogens is 324 g/mol. The van der Waals surface area contributed by atoms with Crippen molar-refractivity contribution in [1.29, 1.82) is 0 Å². The SMILES string of the molecule is CCOc1ncccc1CNC(=O)N1CCC(c2nccs2)CC1. The highest BCUT2D eigenvalue weighted by atomic mass is 32.1. The molecule has 6 nitrogen and oxygen atoms in total. The first-order valence-corrected chi connectivity index (χ1v) is 9.14. The Bertz CT molecular complexity index is 654. The number of thiazole rings is 1. The summed E-state index contributed by atoms with van der Waals surface area (Å²) in [7, 11) is 0. The molecule has 1 fully saturated rings. The Morgan fingerprint density at radius 1 is 1.38 bits per heavy atom. The van der Waals surface area contributed by atoms with Gasteiger partial charge in [-0.15, -0.1) is 11.3 Å². The zero-order chi connectivity index (χ0) is 16.8. The zero-order valence-corrected chi connectivity index (χ0v) is 14.6. The van der Waals surface area contributed by atoms with Crippen molar-refractivity contribution in [3.63, 3.8) is 0 Å². The molecule has 0 bridgehead atoms. The number of amides is 2. The van der Waals surface area contributed by atoms with Crippen molar-refractivity contribution in [3.05, 3.63) is 40.5 Å². The van der Waals surface area contributed by atoms with Gasteiger partial charge in [0.25, 0.3) is 0 Å². The number of rotatable bonds is 5. The molecule has 1 aliphatic rings. The number of ether oxygens (including phenoxy) is 1. The quantitative estimate of drug-likeness (QED) is 0.904. The molecule has 7 heteroatoms. The number of piperidine rings is 1. The number of carbonyl (C=O) groups is 1. The minimum atomic E-state index is -0.0288. The summed E-state index contributed by atoms with van der Waals surface area (Å²) in [4.78, 5) is 22.8. The summed E-state index contributed by atoms with van der Waals surface area (Å²) in [5.74, 6) is 1.07. The molecule has 2 aromatic rings. The smallest absolute Gasteiger partial charge is 0.317 e. The number of nitrogens with zero attached hydrogens (tertiary/aromatic N) is 3. The standard InChI is InChI=1S/C17H22N4O2S/c1-2-23-15-14(4-3-7-18-15)12-20-17(22)21-9-5-13(6-10-21)16-19-8-11-24-16/h3-4,7-8,11,13H,2,5-6,9-10,12H2,1H3,(H,20,22). The van der Waals surface area contributed by atoms with Crippen molar-refractivity contribution < 1.29 is 9.53 Å². The van der Waals surface area contributed by atoms with E-state index in [4.69, 9.17) is 4.74 Å². The summed E-state index contributed by atoms with van der Waals surface area (Å²) in [5, 5.41) is 6.17. The van der Waals surface area contributed by atoms with Crippen LogP contribution < -0.4 is 10.1 Å². The highest BCUT2D eigenvalue weighted by Gasteiger charge is 2.25. The molecule has 0 spiro atoms. The number of aromatic nitrogens is 2. The Morgan fingerprint density at radius 3 is 2.92 bits per heavy atom.